The topological polar surface area (TPSA) is 15.3 Å². The summed E-state index contributed by atoms with van der Waals surface area (Å²) in [5.41, 5.74) is 0.934. The fourth-order valence-electron chi connectivity index (χ4n) is 2.04. The van der Waals surface area contributed by atoms with E-state index in [1.54, 1.807) is 12.1 Å². The molecule has 1 N–H and O–H groups in total. The molecule has 0 bridgehead atoms. The summed E-state index contributed by atoms with van der Waals surface area (Å²) >= 11 is 0. The van der Waals surface area contributed by atoms with Gasteiger partial charge < -0.3 is 10.2 Å². The molecule has 1 aromatic rings. The van der Waals surface area contributed by atoms with Crippen LogP contribution in [0.25, 0.3) is 0 Å². The molecule has 0 fully saturated rings. The van der Waals surface area contributed by atoms with Gasteiger partial charge in [0.2, 0.25) is 0 Å². The molecule has 0 saturated heterocycles. The third kappa shape index (κ3) is 4.73. The van der Waals surface area contributed by atoms with Crippen LogP contribution in [0.2, 0.25) is 0 Å². The smallest absolute Gasteiger partial charge is 0.125 e. The van der Waals surface area contributed by atoms with Crippen molar-refractivity contribution >= 4 is 5.69 Å². The molecule has 1 aromatic carbocycles. The second kappa shape index (κ2) is 7.28. The van der Waals surface area contributed by atoms with Crippen LogP contribution in [0.3, 0.4) is 0 Å². The highest BCUT2D eigenvalue weighted by Gasteiger charge is 2.10. The van der Waals surface area contributed by atoms with Crippen molar-refractivity contribution in [1.82, 2.24) is 5.32 Å². The molecule has 0 amide bonds. The number of hydrogen-bond donors (Lipinski definition) is 1. The van der Waals surface area contributed by atoms with E-state index in [1.807, 2.05) is 13.1 Å². The Morgan fingerprint density at radius 1 is 1.35 bits per heavy atom. The quantitative estimate of drug-likeness (QED) is 0.785. The van der Waals surface area contributed by atoms with E-state index in [-0.39, 0.29) is 5.82 Å². The minimum Gasteiger partial charge on any atom is -0.373 e. The summed E-state index contributed by atoms with van der Waals surface area (Å²) < 4.78 is 13.1. The van der Waals surface area contributed by atoms with Gasteiger partial charge in [-0.3, -0.25) is 0 Å². The van der Waals surface area contributed by atoms with E-state index in [0.29, 0.717) is 6.04 Å². The molecule has 0 aliphatic heterocycles. The maximum atomic E-state index is 13.1. The average Bonchev–Trinajstić information content (AvgIpc) is 2.29. The lowest BCUT2D eigenvalue weighted by atomic mass is 10.1. The number of likely N-dealkylation sites (N-methyl/N-ethyl adjacent to an activating group) is 2. The molecule has 17 heavy (non-hydrogen) atoms. The molecule has 0 spiro atoms. The van der Waals surface area contributed by atoms with Crippen molar-refractivity contribution in [3.05, 3.63) is 30.1 Å². The van der Waals surface area contributed by atoms with Crippen molar-refractivity contribution in [2.45, 2.75) is 32.7 Å². The lowest BCUT2D eigenvalue weighted by Gasteiger charge is -2.26. The van der Waals surface area contributed by atoms with Crippen LogP contribution in [0.4, 0.5) is 10.1 Å². The second-order valence-electron chi connectivity index (χ2n) is 4.40. The monoisotopic (exact) mass is 238 g/mol. The van der Waals surface area contributed by atoms with Crippen LogP contribution in [0.15, 0.2) is 24.3 Å². The van der Waals surface area contributed by atoms with Crippen molar-refractivity contribution in [2.24, 2.45) is 0 Å². The van der Waals surface area contributed by atoms with E-state index in [2.05, 4.69) is 24.1 Å². The zero-order chi connectivity index (χ0) is 12.7. The van der Waals surface area contributed by atoms with E-state index < -0.39 is 0 Å². The Hall–Kier alpha value is -1.09. The van der Waals surface area contributed by atoms with Crippen LogP contribution in [0.5, 0.6) is 0 Å². The lowest BCUT2D eigenvalue weighted by Crippen LogP contribution is -2.39. The number of halogens is 1. The molecular weight excluding hydrogens is 215 g/mol. The fraction of sp³-hybridized carbons (Fsp3) is 0.571. The molecular formula is C14H23FN2. The SMILES string of the molecule is CCCC(CN(C)c1cccc(F)c1)NCC. The van der Waals surface area contributed by atoms with Gasteiger partial charge in [0.15, 0.2) is 0 Å². The van der Waals surface area contributed by atoms with Gasteiger partial charge in [-0.25, -0.2) is 4.39 Å². The molecule has 1 rings (SSSR count). The van der Waals surface area contributed by atoms with Crippen LogP contribution in [-0.2, 0) is 0 Å². The number of anilines is 1. The van der Waals surface area contributed by atoms with Crippen molar-refractivity contribution in [3.63, 3.8) is 0 Å². The molecule has 1 atom stereocenters. The Balaban J connectivity index is 2.59. The highest BCUT2D eigenvalue weighted by molar-refractivity contribution is 5.45. The number of nitrogens with zero attached hydrogens (tertiary/aromatic N) is 1. The third-order valence-corrected chi connectivity index (χ3v) is 2.87. The van der Waals surface area contributed by atoms with Crippen LogP contribution < -0.4 is 10.2 Å². The first-order chi connectivity index (χ1) is 8.17. The average molecular weight is 238 g/mol. The minimum absolute atomic E-state index is 0.176. The maximum Gasteiger partial charge on any atom is 0.125 e. The number of benzene rings is 1. The van der Waals surface area contributed by atoms with Crippen LogP contribution >= 0.6 is 0 Å². The van der Waals surface area contributed by atoms with Crippen molar-refractivity contribution in [3.8, 4) is 0 Å². The number of rotatable bonds is 7. The Kier molecular flexibility index (Phi) is 5.98. The second-order valence-corrected chi connectivity index (χ2v) is 4.40. The molecule has 0 radical (unpaired) electrons. The van der Waals surface area contributed by atoms with Gasteiger partial charge in [0.25, 0.3) is 0 Å². The van der Waals surface area contributed by atoms with Gasteiger partial charge in [-0.05, 0) is 31.2 Å². The molecule has 0 aromatic heterocycles. The molecule has 0 saturated carbocycles. The highest BCUT2D eigenvalue weighted by atomic mass is 19.1. The number of hydrogen-bond acceptors (Lipinski definition) is 2. The van der Waals surface area contributed by atoms with Gasteiger partial charge in [0, 0.05) is 25.3 Å². The predicted octanol–water partition coefficient (Wildman–Crippen LogP) is 3.04. The minimum atomic E-state index is -0.176. The van der Waals surface area contributed by atoms with Gasteiger partial charge in [0.05, 0.1) is 0 Å². The van der Waals surface area contributed by atoms with E-state index in [0.717, 1.165) is 31.6 Å². The van der Waals surface area contributed by atoms with Crippen molar-refractivity contribution in [2.75, 3.05) is 25.0 Å². The first-order valence-corrected chi connectivity index (χ1v) is 6.37. The van der Waals surface area contributed by atoms with E-state index in [1.165, 1.54) is 6.07 Å². The standard InChI is InChI=1S/C14H23FN2/c1-4-7-13(16-5-2)11-17(3)14-9-6-8-12(15)10-14/h6,8-10,13,16H,4-5,7,11H2,1-3H3. The summed E-state index contributed by atoms with van der Waals surface area (Å²) in [4.78, 5) is 2.10. The summed E-state index contributed by atoms with van der Waals surface area (Å²) in [7, 11) is 2.01. The lowest BCUT2D eigenvalue weighted by molar-refractivity contribution is 0.488. The molecule has 0 aliphatic rings. The zero-order valence-corrected chi connectivity index (χ0v) is 11.0. The normalized spacial score (nSPS) is 12.5. The molecule has 3 heteroatoms. The zero-order valence-electron chi connectivity index (χ0n) is 11.0. The van der Waals surface area contributed by atoms with Crippen molar-refractivity contribution < 1.29 is 4.39 Å². The predicted molar refractivity (Wildman–Crippen MR) is 72.0 cm³/mol. The first-order valence-electron chi connectivity index (χ1n) is 6.37. The van der Waals surface area contributed by atoms with Crippen LogP contribution in [0, 0.1) is 5.82 Å². The molecule has 96 valence electrons. The molecule has 0 aliphatic carbocycles. The highest BCUT2D eigenvalue weighted by Crippen LogP contribution is 2.14. The molecule has 1 unspecified atom stereocenters. The molecule has 0 heterocycles. The van der Waals surface area contributed by atoms with Gasteiger partial charge in [-0.15, -0.1) is 0 Å². The van der Waals surface area contributed by atoms with E-state index in [9.17, 15) is 4.39 Å². The maximum absolute atomic E-state index is 13.1. The van der Waals surface area contributed by atoms with Gasteiger partial charge in [-0.2, -0.15) is 0 Å². The number of nitrogens with one attached hydrogen (secondary N) is 1. The summed E-state index contributed by atoms with van der Waals surface area (Å²) in [6, 6.07) is 7.22. The molecule has 2 nitrogen and oxygen atoms in total. The fourth-order valence-corrected chi connectivity index (χ4v) is 2.04. The van der Waals surface area contributed by atoms with Crippen molar-refractivity contribution in [1.29, 1.82) is 0 Å². The van der Waals surface area contributed by atoms with Crippen LogP contribution in [-0.4, -0.2) is 26.2 Å². The largest absolute Gasteiger partial charge is 0.373 e. The summed E-state index contributed by atoms with van der Waals surface area (Å²) in [5, 5.41) is 3.46. The van der Waals surface area contributed by atoms with Crippen LogP contribution in [0.1, 0.15) is 26.7 Å². The third-order valence-electron chi connectivity index (χ3n) is 2.87. The van der Waals surface area contributed by atoms with Gasteiger partial charge in [0.1, 0.15) is 5.82 Å². The first kappa shape index (κ1) is 14.0. The Labute approximate surface area is 104 Å². The van der Waals surface area contributed by atoms with E-state index >= 15 is 0 Å². The van der Waals surface area contributed by atoms with E-state index in [4.69, 9.17) is 0 Å². The summed E-state index contributed by atoms with van der Waals surface area (Å²) in [6.07, 6.45) is 2.31. The summed E-state index contributed by atoms with van der Waals surface area (Å²) in [5.74, 6) is -0.176. The summed E-state index contributed by atoms with van der Waals surface area (Å²) in [6.45, 7) is 6.18. The van der Waals surface area contributed by atoms with Gasteiger partial charge in [-0.1, -0.05) is 26.3 Å². The Morgan fingerprint density at radius 3 is 2.71 bits per heavy atom. The Bertz CT molecular complexity index is 322. The Morgan fingerprint density at radius 2 is 2.12 bits per heavy atom. The van der Waals surface area contributed by atoms with Gasteiger partial charge >= 0.3 is 0 Å².